The summed E-state index contributed by atoms with van der Waals surface area (Å²) in [5.41, 5.74) is 0.555. The normalized spacial score (nSPS) is 18.7. The molecule has 1 N–H and O–H groups in total. The Morgan fingerprint density at radius 1 is 1.44 bits per heavy atom. The Balaban J connectivity index is 1.55. The Morgan fingerprint density at radius 3 is 3.16 bits per heavy atom. The molecule has 0 aliphatic carbocycles. The van der Waals surface area contributed by atoms with Crippen LogP contribution in [0.5, 0.6) is 0 Å². The molecule has 0 radical (unpaired) electrons. The number of tetrazole rings is 1. The molecular formula is C16H18N6O2S. The molecule has 9 heteroatoms. The van der Waals surface area contributed by atoms with Crippen molar-refractivity contribution in [2.75, 3.05) is 6.61 Å². The number of aromatic amines is 1. The van der Waals surface area contributed by atoms with Crippen molar-refractivity contribution >= 4 is 22.7 Å². The quantitative estimate of drug-likeness (QED) is 0.696. The second-order valence-electron chi connectivity index (χ2n) is 6.01. The minimum atomic E-state index is -0.132. The van der Waals surface area contributed by atoms with E-state index in [2.05, 4.69) is 25.5 Å². The number of fused-ring (bicyclic) bond motifs is 1. The first kappa shape index (κ1) is 16.2. The van der Waals surface area contributed by atoms with Crippen LogP contribution in [0.15, 0.2) is 34.2 Å². The van der Waals surface area contributed by atoms with E-state index < -0.39 is 0 Å². The zero-order valence-electron chi connectivity index (χ0n) is 13.8. The van der Waals surface area contributed by atoms with Crippen molar-refractivity contribution in [1.82, 2.24) is 30.2 Å². The third-order valence-electron chi connectivity index (χ3n) is 4.20. The van der Waals surface area contributed by atoms with Gasteiger partial charge in [0.25, 0.3) is 5.56 Å². The first-order chi connectivity index (χ1) is 12.2. The average Bonchev–Trinajstić information content (AvgIpc) is 3.28. The van der Waals surface area contributed by atoms with Crippen molar-refractivity contribution in [3.63, 3.8) is 0 Å². The summed E-state index contributed by atoms with van der Waals surface area (Å²) in [6, 6.07) is 7.31. The van der Waals surface area contributed by atoms with Crippen LogP contribution >= 0.6 is 11.8 Å². The molecule has 0 spiro atoms. The molecule has 130 valence electrons. The van der Waals surface area contributed by atoms with Crippen molar-refractivity contribution in [2.24, 2.45) is 0 Å². The summed E-state index contributed by atoms with van der Waals surface area (Å²) in [7, 11) is 0. The number of ether oxygens (including phenoxy) is 1. The maximum Gasteiger partial charge on any atom is 0.258 e. The first-order valence-electron chi connectivity index (χ1n) is 8.24. The highest BCUT2D eigenvalue weighted by Gasteiger charge is 2.21. The molecule has 1 aliphatic rings. The lowest BCUT2D eigenvalue weighted by molar-refractivity contribution is 0.0911. The third kappa shape index (κ3) is 3.42. The van der Waals surface area contributed by atoms with Gasteiger partial charge in [-0.2, -0.15) is 0 Å². The third-order valence-corrected chi connectivity index (χ3v) is 5.28. The van der Waals surface area contributed by atoms with E-state index in [9.17, 15) is 4.79 Å². The highest BCUT2D eigenvalue weighted by Crippen LogP contribution is 2.31. The van der Waals surface area contributed by atoms with Crippen LogP contribution in [0, 0.1) is 0 Å². The number of aromatic nitrogens is 6. The fraction of sp³-hybridized carbons (Fsp3) is 0.438. The minimum Gasteiger partial charge on any atom is -0.376 e. The van der Waals surface area contributed by atoms with E-state index in [1.165, 1.54) is 11.8 Å². The van der Waals surface area contributed by atoms with Crippen LogP contribution in [0.3, 0.4) is 0 Å². The molecule has 0 bridgehead atoms. The number of thioether (sulfide) groups is 1. The second kappa shape index (κ2) is 6.93. The van der Waals surface area contributed by atoms with E-state index >= 15 is 0 Å². The molecule has 1 saturated heterocycles. The molecule has 2 atom stereocenters. The van der Waals surface area contributed by atoms with Gasteiger partial charge in [-0.1, -0.05) is 23.9 Å². The lowest BCUT2D eigenvalue weighted by Crippen LogP contribution is -2.17. The molecular weight excluding hydrogens is 340 g/mol. The highest BCUT2D eigenvalue weighted by molar-refractivity contribution is 7.99. The molecule has 3 aromatic rings. The zero-order chi connectivity index (χ0) is 17.2. The van der Waals surface area contributed by atoms with Gasteiger partial charge in [-0.05, 0) is 42.3 Å². The minimum absolute atomic E-state index is 0.0912. The van der Waals surface area contributed by atoms with E-state index in [-0.39, 0.29) is 16.9 Å². The van der Waals surface area contributed by atoms with Crippen LogP contribution in [0.1, 0.15) is 30.8 Å². The van der Waals surface area contributed by atoms with Crippen LogP contribution in [0.2, 0.25) is 0 Å². The summed E-state index contributed by atoms with van der Waals surface area (Å²) in [6.45, 7) is 3.42. The highest BCUT2D eigenvalue weighted by atomic mass is 32.2. The molecule has 2 aromatic heterocycles. The van der Waals surface area contributed by atoms with Gasteiger partial charge in [-0.15, -0.1) is 5.10 Å². The van der Waals surface area contributed by atoms with E-state index in [0.29, 0.717) is 28.4 Å². The lowest BCUT2D eigenvalue weighted by atomic mass is 10.2. The number of benzene rings is 1. The van der Waals surface area contributed by atoms with Gasteiger partial charge in [0.15, 0.2) is 0 Å². The van der Waals surface area contributed by atoms with Crippen molar-refractivity contribution in [3.8, 4) is 0 Å². The van der Waals surface area contributed by atoms with Crippen LogP contribution in [0.4, 0.5) is 0 Å². The van der Waals surface area contributed by atoms with Gasteiger partial charge >= 0.3 is 0 Å². The number of nitrogens with zero attached hydrogens (tertiary/aromatic N) is 5. The monoisotopic (exact) mass is 358 g/mol. The zero-order valence-corrected chi connectivity index (χ0v) is 14.6. The van der Waals surface area contributed by atoms with Gasteiger partial charge < -0.3 is 9.72 Å². The number of hydrogen-bond donors (Lipinski definition) is 1. The van der Waals surface area contributed by atoms with Gasteiger partial charge in [0, 0.05) is 6.61 Å². The summed E-state index contributed by atoms with van der Waals surface area (Å²) in [5.74, 6) is 0.611. The SMILES string of the molecule is C[C@@H](Sc1nnnn1C[C@@H]1CCCO1)c1nc2ccccc2c(=O)[nH]1. The lowest BCUT2D eigenvalue weighted by Gasteiger charge is -2.13. The van der Waals surface area contributed by atoms with E-state index in [1.54, 1.807) is 10.7 Å². The largest absolute Gasteiger partial charge is 0.376 e. The number of hydrogen-bond acceptors (Lipinski definition) is 7. The smallest absolute Gasteiger partial charge is 0.258 e. The molecule has 25 heavy (non-hydrogen) atoms. The predicted octanol–water partition coefficient (Wildman–Crippen LogP) is 1.94. The summed E-state index contributed by atoms with van der Waals surface area (Å²) >= 11 is 1.47. The van der Waals surface area contributed by atoms with E-state index in [1.807, 2.05) is 25.1 Å². The fourth-order valence-corrected chi connectivity index (χ4v) is 3.74. The van der Waals surface area contributed by atoms with Gasteiger partial charge in [0.05, 0.1) is 28.8 Å². The predicted molar refractivity (Wildman–Crippen MR) is 93.4 cm³/mol. The van der Waals surface area contributed by atoms with Crippen LogP contribution in [-0.2, 0) is 11.3 Å². The molecule has 0 amide bonds. The Kier molecular flexibility index (Phi) is 4.50. The number of para-hydroxylation sites is 1. The standard InChI is InChI=1S/C16H18N6O2S/c1-10(14-17-13-7-3-2-6-12(13)15(23)18-14)25-16-19-20-21-22(16)9-11-5-4-8-24-11/h2-3,6-7,10-11H,4-5,8-9H2,1H3,(H,17,18,23)/t10-,11+/m1/s1. The first-order valence-corrected chi connectivity index (χ1v) is 9.12. The van der Waals surface area contributed by atoms with Gasteiger partial charge in [0.2, 0.25) is 5.16 Å². The van der Waals surface area contributed by atoms with E-state index in [4.69, 9.17) is 4.74 Å². The molecule has 8 nitrogen and oxygen atoms in total. The van der Waals surface area contributed by atoms with Crippen molar-refractivity contribution in [3.05, 3.63) is 40.4 Å². The van der Waals surface area contributed by atoms with Crippen molar-refractivity contribution in [1.29, 1.82) is 0 Å². The van der Waals surface area contributed by atoms with Crippen molar-refractivity contribution < 1.29 is 4.74 Å². The summed E-state index contributed by atoms with van der Waals surface area (Å²) in [6.07, 6.45) is 2.27. The van der Waals surface area contributed by atoms with Crippen LogP contribution in [-0.4, -0.2) is 42.9 Å². The maximum atomic E-state index is 12.2. The Hall–Kier alpha value is -2.26. The van der Waals surface area contributed by atoms with Gasteiger partial charge in [-0.3, -0.25) is 4.79 Å². The van der Waals surface area contributed by atoms with Crippen LogP contribution in [0.25, 0.3) is 10.9 Å². The second-order valence-corrected chi connectivity index (χ2v) is 7.31. The average molecular weight is 358 g/mol. The maximum absolute atomic E-state index is 12.2. The van der Waals surface area contributed by atoms with Crippen molar-refractivity contribution in [2.45, 2.75) is 42.8 Å². The summed E-state index contributed by atoms with van der Waals surface area (Å²) in [4.78, 5) is 19.7. The molecule has 3 heterocycles. The topological polar surface area (TPSA) is 98.6 Å². The summed E-state index contributed by atoms with van der Waals surface area (Å²) < 4.78 is 7.41. The fourth-order valence-electron chi connectivity index (χ4n) is 2.89. The molecule has 0 unspecified atom stereocenters. The van der Waals surface area contributed by atoms with E-state index in [0.717, 1.165) is 19.4 Å². The van der Waals surface area contributed by atoms with Gasteiger partial charge in [0.1, 0.15) is 5.82 Å². The molecule has 1 aromatic carbocycles. The van der Waals surface area contributed by atoms with Gasteiger partial charge in [-0.25, -0.2) is 9.67 Å². The molecule has 4 rings (SSSR count). The summed E-state index contributed by atoms with van der Waals surface area (Å²) in [5, 5.41) is 13.1. The Labute approximate surface area is 148 Å². The number of rotatable bonds is 5. The number of H-pyrrole nitrogens is 1. The molecule has 1 aliphatic heterocycles. The van der Waals surface area contributed by atoms with Crippen LogP contribution < -0.4 is 5.56 Å². The number of nitrogens with one attached hydrogen (secondary N) is 1. The Morgan fingerprint density at radius 2 is 2.32 bits per heavy atom. The molecule has 1 fully saturated rings. The molecule has 0 saturated carbocycles. The Bertz CT molecular complexity index is 934.